The highest BCUT2D eigenvalue weighted by Gasteiger charge is 2.44. The minimum atomic E-state index is -0.635. The topological polar surface area (TPSA) is 66.4 Å². The molecule has 25 heavy (non-hydrogen) atoms. The van der Waals surface area contributed by atoms with Crippen LogP contribution in [-0.4, -0.2) is 23.6 Å². The number of rotatable bonds is 5. The zero-order chi connectivity index (χ0) is 18.4. The van der Waals surface area contributed by atoms with Crippen LogP contribution in [0.15, 0.2) is 60.7 Å². The average Bonchev–Trinajstić information content (AvgIpc) is 2.61. The molecule has 0 saturated carbocycles. The van der Waals surface area contributed by atoms with Crippen molar-refractivity contribution in [2.75, 3.05) is 6.54 Å². The van der Waals surface area contributed by atoms with E-state index in [0.29, 0.717) is 5.69 Å². The van der Waals surface area contributed by atoms with E-state index in [0.717, 1.165) is 16.8 Å². The van der Waals surface area contributed by atoms with Crippen molar-refractivity contribution in [2.24, 2.45) is 0 Å². The second-order valence-electron chi connectivity index (χ2n) is 5.92. The number of nitrogens with one attached hydrogen (secondary N) is 1. The minimum absolute atomic E-state index is 0.241. The van der Waals surface area contributed by atoms with Crippen LogP contribution in [0.5, 0.6) is 0 Å². The van der Waals surface area contributed by atoms with E-state index < -0.39 is 5.91 Å². The summed E-state index contributed by atoms with van der Waals surface area (Å²) in [5.74, 6) is -0.890. The van der Waals surface area contributed by atoms with Crippen LogP contribution in [0.2, 0.25) is 0 Å². The maximum absolute atomic E-state index is 13.2. The van der Waals surface area contributed by atoms with E-state index in [9.17, 15) is 9.59 Å². The first-order chi connectivity index (χ1) is 12.0. The van der Waals surface area contributed by atoms with Gasteiger partial charge in [0, 0.05) is 29.3 Å². The fraction of sp³-hybridized carbons (Fsp3) is 0.200. The van der Waals surface area contributed by atoms with Gasteiger partial charge in [0.2, 0.25) is 0 Å². The van der Waals surface area contributed by atoms with Crippen LogP contribution in [0.3, 0.4) is 0 Å². The molecule has 2 N–H and O–H groups in total. The Morgan fingerprint density at radius 2 is 1.64 bits per heavy atom. The maximum atomic E-state index is 13.2. The van der Waals surface area contributed by atoms with Gasteiger partial charge in [0.1, 0.15) is 5.69 Å². The summed E-state index contributed by atoms with van der Waals surface area (Å²) >= 11 is 0. The molecule has 0 radical (unpaired) electrons. The molecule has 0 spiro atoms. The van der Waals surface area contributed by atoms with Crippen molar-refractivity contribution in [1.29, 1.82) is 0 Å². The molecule has 0 heterocycles. The van der Waals surface area contributed by atoms with Crippen LogP contribution < -0.4 is 9.96 Å². The number of para-hydroxylation sites is 2. The van der Waals surface area contributed by atoms with Crippen molar-refractivity contribution < 1.29 is 14.8 Å². The number of hydrogen-bond donors (Lipinski definition) is 2. The number of carbonyl (C=O) groups excluding carboxylic acids is 2. The predicted octanol–water partition coefficient (Wildman–Crippen LogP) is 3.55. The molecule has 1 atom stereocenters. The van der Waals surface area contributed by atoms with Gasteiger partial charge in [0.15, 0.2) is 12.2 Å². The molecule has 2 rings (SSSR count). The van der Waals surface area contributed by atoms with E-state index in [1.807, 2.05) is 62.4 Å². The van der Waals surface area contributed by atoms with Gasteiger partial charge in [0.05, 0.1) is 0 Å². The molecule has 0 aliphatic rings. The Bertz CT molecular complexity index is 780. The van der Waals surface area contributed by atoms with E-state index in [-0.39, 0.29) is 16.9 Å². The standard InChI is InChI=1S/C20H22N2O3/c1-4-9-19(24)22(14-18(23)21-25,17-12-6-5-7-13-17)20-15(2)10-8-11-16(20)3/h4-13H,14H2,1-3H3,(H-,21,23,25)/p+1/b9-4+. The van der Waals surface area contributed by atoms with Gasteiger partial charge in [-0.3, -0.25) is 10.0 Å². The first kappa shape index (κ1) is 18.6. The fourth-order valence-corrected chi connectivity index (χ4v) is 3.23. The lowest BCUT2D eigenvalue weighted by molar-refractivity contribution is -0.134. The monoisotopic (exact) mass is 339 g/mol. The Labute approximate surface area is 147 Å². The molecule has 5 heteroatoms. The van der Waals surface area contributed by atoms with Gasteiger partial charge in [0.25, 0.3) is 5.91 Å². The van der Waals surface area contributed by atoms with Gasteiger partial charge in [-0.1, -0.05) is 42.5 Å². The largest absolute Gasteiger partial charge is 0.348 e. The number of aryl methyl sites for hydroxylation is 2. The molecule has 2 aromatic carbocycles. The van der Waals surface area contributed by atoms with E-state index >= 15 is 0 Å². The molecule has 0 aliphatic carbocycles. The Morgan fingerprint density at radius 1 is 1.04 bits per heavy atom. The Hall–Kier alpha value is -2.76. The Morgan fingerprint density at radius 3 is 2.16 bits per heavy atom. The first-order valence-electron chi connectivity index (χ1n) is 8.08. The van der Waals surface area contributed by atoms with Crippen molar-refractivity contribution in [3.8, 4) is 0 Å². The molecule has 0 saturated heterocycles. The van der Waals surface area contributed by atoms with Gasteiger partial charge in [-0.05, 0) is 20.8 Å². The highest BCUT2D eigenvalue weighted by atomic mass is 16.5. The van der Waals surface area contributed by atoms with Crippen LogP contribution in [0.1, 0.15) is 18.1 Å². The Balaban J connectivity index is 2.89. The number of hydrogen-bond acceptors (Lipinski definition) is 3. The summed E-state index contributed by atoms with van der Waals surface area (Å²) in [5.41, 5.74) is 4.85. The number of hydroxylamine groups is 1. The van der Waals surface area contributed by atoms with Crippen molar-refractivity contribution in [3.63, 3.8) is 0 Å². The summed E-state index contributed by atoms with van der Waals surface area (Å²) in [7, 11) is 0. The third kappa shape index (κ3) is 3.52. The maximum Gasteiger partial charge on any atom is 0.348 e. The quantitative estimate of drug-likeness (QED) is 0.379. The third-order valence-electron chi connectivity index (χ3n) is 4.21. The van der Waals surface area contributed by atoms with Crippen molar-refractivity contribution in [1.82, 2.24) is 9.96 Å². The number of nitrogens with zero attached hydrogens (tertiary/aromatic N) is 1. The molecule has 0 aliphatic heterocycles. The summed E-state index contributed by atoms with van der Waals surface area (Å²) in [6.07, 6.45) is 3.12. The van der Waals surface area contributed by atoms with Crippen LogP contribution in [-0.2, 0) is 9.59 Å². The average molecular weight is 339 g/mol. The summed E-state index contributed by atoms with van der Waals surface area (Å²) in [4.78, 5) is 25.4. The van der Waals surface area contributed by atoms with Crippen molar-refractivity contribution in [3.05, 3.63) is 71.8 Å². The van der Waals surface area contributed by atoms with Crippen LogP contribution in [0.4, 0.5) is 11.4 Å². The third-order valence-corrected chi connectivity index (χ3v) is 4.21. The normalized spacial score (nSPS) is 13.4. The van der Waals surface area contributed by atoms with Gasteiger partial charge in [-0.2, -0.15) is 4.48 Å². The summed E-state index contributed by atoms with van der Waals surface area (Å²) in [6, 6.07) is 14.9. The number of amides is 2. The molecular formula is C20H23N2O3+. The molecule has 2 aromatic rings. The minimum Gasteiger partial charge on any atom is -0.288 e. The lowest BCUT2D eigenvalue weighted by Gasteiger charge is -2.35. The second-order valence-corrected chi connectivity index (χ2v) is 5.92. The van der Waals surface area contributed by atoms with E-state index in [2.05, 4.69) is 0 Å². The number of allylic oxidation sites excluding steroid dienone is 1. The molecule has 1 unspecified atom stereocenters. The van der Waals surface area contributed by atoms with Crippen LogP contribution in [0, 0.1) is 13.8 Å². The Kier molecular flexibility index (Phi) is 5.85. The molecule has 0 bridgehead atoms. The molecule has 5 nitrogen and oxygen atoms in total. The zero-order valence-electron chi connectivity index (χ0n) is 14.7. The van der Waals surface area contributed by atoms with Crippen molar-refractivity contribution >= 4 is 23.2 Å². The van der Waals surface area contributed by atoms with Gasteiger partial charge >= 0.3 is 5.91 Å². The fourth-order valence-electron chi connectivity index (χ4n) is 3.23. The van der Waals surface area contributed by atoms with Gasteiger partial charge in [-0.25, -0.2) is 10.3 Å². The summed E-state index contributed by atoms with van der Waals surface area (Å²) in [5, 5.41) is 9.10. The number of benzene rings is 2. The van der Waals surface area contributed by atoms with Gasteiger partial charge < -0.3 is 0 Å². The highest BCUT2D eigenvalue weighted by molar-refractivity contribution is 6.06. The molecule has 2 amide bonds. The predicted molar refractivity (Wildman–Crippen MR) is 98.4 cm³/mol. The number of carbonyl (C=O) groups is 2. The second kappa shape index (κ2) is 7.88. The highest BCUT2D eigenvalue weighted by Crippen LogP contribution is 2.39. The van der Waals surface area contributed by atoms with E-state index in [1.165, 1.54) is 6.08 Å². The van der Waals surface area contributed by atoms with Crippen LogP contribution in [0.25, 0.3) is 0 Å². The van der Waals surface area contributed by atoms with Crippen LogP contribution >= 0.6 is 0 Å². The van der Waals surface area contributed by atoms with E-state index in [4.69, 9.17) is 5.21 Å². The smallest absolute Gasteiger partial charge is 0.288 e. The SMILES string of the molecule is C/C=C/C(=O)[N+](CC(=O)NO)(c1ccccc1)c1c(C)cccc1C. The van der Waals surface area contributed by atoms with Crippen molar-refractivity contribution in [2.45, 2.75) is 20.8 Å². The molecule has 0 fully saturated rings. The van der Waals surface area contributed by atoms with E-state index in [1.54, 1.807) is 18.5 Å². The molecule has 0 aromatic heterocycles. The molecular weight excluding hydrogens is 316 g/mol. The lowest BCUT2D eigenvalue weighted by atomic mass is 10.0. The first-order valence-corrected chi connectivity index (χ1v) is 8.08. The lowest BCUT2D eigenvalue weighted by Crippen LogP contribution is -2.54. The summed E-state index contributed by atoms with van der Waals surface area (Å²) < 4.78 is -0.323. The zero-order valence-corrected chi connectivity index (χ0v) is 14.7. The number of quaternary nitrogens is 1. The van der Waals surface area contributed by atoms with Gasteiger partial charge in [-0.15, -0.1) is 0 Å². The summed E-state index contributed by atoms with van der Waals surface area (Å²) in [6.45, 7) is 5.35. The molecule has 130 valence electrons.